The Bertz CT molecular complexity index is 777. The molecule has 1 aromatic rings. The first kappa shape index (κ1) is 20.4. The van der Waals surface area contributed by atoms with Gasteiger partial charge >= 0.3 is 7.12 Å². The Labute approximate surface area is 161 Å². The molecule has 1 aromatic heterocycles. The van der Waals surface area contributed by atoms with Crippen molar-refractivity contribution >= 4 is 28.3 Å². The largest absolute Gasteiger partial charge is 0.500 e. The Hall–Kier alpha value is -1.36. The summed E-state index contributed by atoms with van der Waals surface area (Å²) in [5, 5.41) is 0. The third kappa shape index (κ3) is 4.74. The molecule has 0 saturated carbocycles. The summed E-state index contributed by atoms with van der Waals surface area (Å²) < 4.78 is 49.3. The van der Waals surface area contributed by atoms with Gasteiger partial charge in [-0.3, -0.25) is 4.72 Å². The lowest BCUT2D eigenvalue weighted by atomic mass is 9.79. The number of sulfonamides is 1. The highest BCUT2D eigenvalue weighted by atomic mass is 32.2. The molecule has 2 aliphatic heterocycles. The fourth-order valence-electron chi connectivity index (χ4n) is 2.93. The minimum atomic E-state index is -3.43. The smallest absolute Gasteiger partial charge is 0.474 e. The van der Waals surface area contributed by atoms with E-state index in [1.165, 1.54) is 6.20 Å². The molecule has 0 bridgehead atoms. The van der Waals surface area contributed by atoms with Crippen LogP contribution in [-0.2, 0) is 24.1 Å². The van der Waals surface area contributed by atoms with Gasteiger partial charge < -0.3 is 18.8 Å². The van der Waals surface area contributed by atoms with Crippen molar-refractivity contribution in [3.05, 3.63) is 12.3 Å². The van der Waals surface area contributed by atoms with Crippen molar-refractivity contribution in [2.45, 2.75) is 57.8 Å². The van der Waals surface area contributed by atoms with E-state index in [2.05, 4.69) is 9.71 Å². The van der Waals surface area contributed by atoms with Gasteiger partial charge in [-0.25, -0.2) is 13.4 Å². The molecule has 1 N–H and O–H groups in total. The van der Waals surface area contributed by atoms with E-state index in [9.17, 15) is 8.42 Å². The van der Waals surface area contributed by atoms with Crippen LogP contribution < -0.4 is 14.9 Å². The van der Waals surface area contributed by atoms with E-state index in [0.717, 1.165) is 19.1 Å². The van der Waals surface area contributed by atoms with Gasteiger partial charge in [-0.05, 0) is 33.8 Å². The molecule has 2 aliphatic rings. The lowest BCUT2D eigenvalue weighted by Gasteiger charge is -2.32. The van der Waals surface area contributed by atoms with Crippen LogP contribution in [-0.4, -0.2) is 57.3 Å². The van der Waals surface area contributed by atoms with Crippen molar-refractivity contribution < 1.29 is 27.2 Å². The van der Waals surface area contributed by atoms with E-state index in [-0.39, 0.29) is 6.10 Å². The fraction of sp³-hybridized carbons (Fsp3) is 0.706. The zero-order valence-corrected chi connectivity index (χ0v) is 17.3. The SMILES string of the molecule is CC1(C)OB(c2cc(NS(C)(=O)=O)cnc2OC2CCOCC2)OC1(C)C. The molecule has 2 fully saturated rings. The van der Waals surface area contributed by atoms with Crippen molar-refractivity contribution in [1.29, 1.82) is 0 Å². The zero-order chi connectivity index (χ0) is 19.9. The van der Waals surface area contributed by atoms with Gasteiger partial charge in [-0.1, -0.05) is 0 Å². The molecular weight excluding hydrogens is 371 g/mol. The molecule has 150 valence electrons. The van der Waals surface area contributed by atoms with Crippen LogP contribution in [0.1, 0.15) is 40.5 Å². The van der Waals surface area contributed by atoms with Crippen molar-refractivity contribution in [3.63, 3.8) is 0 Å². The summed E-state index contributed by atoms with van der Waals surface area (Å²) in [7, 11) is -4.14. The van der Waals surface area contributed by atoms with E-state index in [4.69, 9.17) is 18.8 Å². The van der Waals surface area contributed by atoms with Crippen molar-refractivity contribution in [2.24, 2.45) is 0 Å². The molecule has 0 radical (unpaired) electrons. The maximum absolute atomic E-state index is 11.6. The molecule has 0 unspecified atom stereocenters. The van der Waals surface area contributed by atoms with E-state index in [1.807, 2.05) is 27.7 Å². The summed E-state index contributed by atoms with van der Waals surface area (Å²) >= 11 is 0. The third-order valence-electron chi connectivity index (χ3n) is 5.14. The number of pyridine rings is 1. The predicted octanol–water partition coefficient (Wildman–Crippen LogP) is 1.31. The highest BCUT2D eigenvalue weighted by molar-refractivity contribution is 7.92. The average Bonchev–Trinajstić information content (AvgIpc) is 2.76. The lowest BCUT2D eigenvalue weighted by Crippen LogP contribution is -2.41. The van der Waals surface area contributed by atoms with E-state index in [0.29, 0.717) is 30.2 Å². The first-order valence-corrected chi connectivity index (χ1v) is 10.9. The number of hydrogen-bond acceptors (Lipinski definition) is 7. The minimum Gasteiger partial charge on any atom is -0.474 e. The number of ether oxygens (including phenoxy) is 2. The number of hydrogen-bond donors (Lipinski definition) is 1. The molecule has 0 atom stereocenters. The second-order valence-corrected chi connectivity index (χ2v) is 9.76. The number of nitrogens with one attached hydrogen (secondary N) is 1. The van der Waals surface area contributed by atoms with Crippen LogP contribution in [0.4, 0.5) is 5.69 Å². The van der Waals surface area contributed by atoms with Gasteiger partial charge in [0.15, 0.2) is 0 Å². The van der Waals surface area contributed by atoms with Crippen LogP contribution in [0.2, 0.25) is 0 Å². The molecule has 0 aliphatic carbocycles. The number of aromatic nitrogens is 1. The molecule has 0 amide bonds. The highest BCUT2D eigenvalue weighted by Crippen LogP contribution is 2.37. The second kappa shape index (κ2) is 7.23. The quantitative estimate of drug-likeness (QED) is 0.747. The first-order valence-electron chi connectivity index (χ1n) is 9.05. The Morgan fingerprint density at radius 3 is 2.33 bits per heavy atom. The van der Waals surface area contributed by atoms with Gasteiger partial charge in [-0.2, -0.15) is 0 Å². The Morgan fingerprint density at radius 2 is 1.78 bits per heavy atom. The van der Waals surface area contributed by atoms with Crippen LogP contribution in [0.5, 0.6) is 5.88 Å². The van der Waals surface area contributed by atoms with Crippen molar-refractivity contribution in [2.75, 3.05) is 24.2 Å². The second-order valence-electron chi connectivity index (χ2n) is 8.01. The van der Waals surface area contributed by atoms with Crippen LogP contribution >= 0.6 is 0 Å². The lowest BCUT2D eigenvalue weighted by molar-refractivity contribution is 0.00578. The summed E-state index contributed by atoms with van der Waals surface area (Å²) in [4.78, 5) is 4.35. The minimum absolute atomic E-state index is 0.0128. The number of rotatable bonds is 5. The average molecular weight is 398 g/mol. The van der Waals surface area contributed by atoms with Crippen LogP contribution in [0.3, 0.4) is 0 Å². The molecule has 0 spiro atoms. The van der Waals surface area contributed by atoms with E-state index >= 15 is 0 Å². The summed E-state index contributed by atoms with van der Waals surface area (Å²) in [5.74, 6) is 0.388. The maximum atomic E-state index is 11.6. The Morgan fingerprint density at radius 1 is 1.19 bits per heavy atom. The number of anilines is 1. The van der Waals surface area contributed by atoms with Gasteiger partial charge in [0.1, 0.15) is 6.10 Å². The van der Waals surface area contributed by atoms with Gasteiger partial charge in [0, 0.05) is 18.3 Å². The molecule has 2 saturated heterocycles. The third-order valence-corrected chi connectivity index (χ3v) is 5.74. The summed E-state index contributed by atoms with van der Waals surface area (Å²) in [6.45, 7) is 9.11. The highest BCUT2D eigenvalue weighted by Gasteiger charge is 2.53. The number of nitrogens with zero attached hydrogens (tertiary/aromatic N) is 1. The normalized spacial score (nSPS) is 22.6. The zero-order valence-electron chi connectivity index (χ0n) is 16.4. The summed E-state index contributed by atoms with van der Waals surface area (Å²) in [6.07, 6.45) is 4.06. The molecule has 0 aromatic carbocycles. The maximum Gasteiger partial charge on any atom is 0.500 e. The molecule has 3 heterocycles. The standard InChI is InChI=1S/C17H27BN2O6S/c1-16(2)17(3,4)26-18(25-16)14-10-12(20-27(5,21)22)11-19-15(14)24-13-6-8-23-9-7-13/h10-11,13,20H,6-9H2,1-5H3. The molecule has 8 nitrogen and oxygen atoms in total. The molecule has 3 rings (SSSR count). The van der Waals surface area contributed by atoms with Gasteiger partial charge in [0.25, 0.3) is 0 Å². The molecule has 10 heteroatoms. The summed E-state index contributed by atoms with van der Waals surface area (Å²) in [6, 6.07) is 1.66. The van der Waals surface area contributed by atoms with Gasteiger partial charge in [0.05, 0.1) is 42.6 Å². The summed E-state index contributed by atoms with van der Waals surface area (Å²) in [5.41, 5.74) is -0.169. The van der Waals surface area contributed by atoms with Crippen LogP contribution in [0.25, 0.3) is 0 Å². The predicted molar refractivity (Wildman–Crippen MR) is 103 cm³/mol. The van der Waals surface area contributed by atoms with Gasteiger partial charge in [0.2, 0.25) is 15.9 Å². The first-order chi connectivity index (χ1) is 12.5. The van der Waals surface area contributed by atoms with Crippen LogP contribution in [0, 0.1) is 0 Å². The van der Waals surface area contributed by atoms with Crippen molar-refractivity contribution in [3.8, 4) is 5.88 Å². The molecular formula is C17H27BN2O6S. The fourth-order valence-corrected chi connectivity index (χ4v) is 3.47. The Kier molecular flexibility index (Phi) is 5.46. The van der Waals surface area contributed by atoms with Crippen LogP contribution in [0.15, 0.2) is 12.3 Å². The van der Waals surface area contributed by atoms with Gasteiger partial charge in [-0.15, -0.1) is 0 Å². The van der Waals surface area contributed by atoms with E-state index in [1.54, 1.807) is 6.07 Å². The topological polar surface area (TPSA) is 96.0 Å². The Balaban J connectivity index is 1.93. The van der Waals surface area contributed by atoms with Crippen molar-refractivity contribution in [1.82, 2.24) is 4.98 Å². The van der Waals surface area contributed by atoms with E-state index < -0.39 is 28.3 Å². The monoisotopic (exact) mass is 398 g/mol. The molecule has 27 heavy (non-hydrogen) atoms.